The topological polar surface area (TPSA) is 56.3 Å². The number of nitrogens with one attached hydrogen (secondary N) is 1. The highest BCUT2D eigenvalue weighted by Crippen LogP contribution is 2.39. The van der Waals surface area contributed by atoms with Crippen LogP contribution >= 0.6 is 11.6 Å². The number of benzene rings is 1. The second kappa shape index (κ2) is 6.33. The number of amides is 1. The molecule has 5 heteroatoms. The Morgan fingerprint density at radius 1 is 1.48 bits per heavy atom. The van der Waals surface area contributed by atoms with Crippen molar-refractivity contribution in [3.8, 4) is 0 Å². The summed E-state index contributed by atoms with van der Waals surface area (Å²) in [5, 5.41) is 12.3. The molecule has 1 amide bonds. The molecule has 2 bridgehead atoms. The number of nitrogens with zero attached hydrogens (tertiary/aromatic N) is 1. The van der Waals surface area contributed by atoms with Gasteiger partial charge in [-0.05, 0) is 55.7 Å². The number of carbonyl (C=O) groups excluding carboxylic acids is 1. The minimum absolute atomic E-state index is 0.102. The second-order valence-electron chi connectivity index (χ2n) is 7.82. The molecular formula is C20H25ClN2O2. The molecule has 2 N–H and O–H groups in total. The summed E-state index contributed by atoms with van der Waals surface area (Å²) in [4.78, 5) is 18.2. The maximum atomic E-state index is 12.9. The van der Waals surface area contributed by atoms with Gasteiger partial charge in [0.15, 0.2) is 0 Å². The molecule has 1 aliphatic carbocycles. The number of piperidine rings is 1. The second-order valence-corrected chi connectivity index (χ2v) is 8.23. The summed E-state index contributed by atoms with van der Waals surface area (Å²) >= 11 is 6.37. The molecule has 0 radical (unpaired) electrons. The lowest BCUT2D eigenvalue weighted by Crippen LogP contribution is -2.55. The number of aliphatic hydroxyl groups is 1. The average Bonchev–Trinajstić information content (AvgIpc) is 3.00. The number of rotatable bonds is 3. The van der Waals surface area contributed by atoms with Crippen LogP contribution in [0.1, 0.15) is 56.9 Å². The van der Waals surface area contributed by atoms with Crippen LogP contribution in [-0.4, -0.2) is 39.1 Å². The first-order valence-electron chi connectivity index (χ1n) is 9.24. The van der Waals surface area contributed by atoms with Gasteiger partial charge in [-0.2, -0.15) is 0 Å². The Morgan fingerprint density at radius 3 is 3.16 bits per heavy atom. The molecule has 2 heterocycles. The maximum Gasteiger partial charge on any atom is 0.223 e. The van der Waals surface area contributed by atoms with Crippen molar-refractivity contribution in [1.29, 1.82) is 0 Å². The lowest BCUT2D eigenvalue weighted by molar-refractivity contribution is -0.144. The summed E-state index contributed by atoms with van der Waals surface area (Å²) in [5.41, 5.74) is 1.58. The molecular weight excluding hydrogens is 336 g/mol. The fourth-order valence-electron chi connectivity index (χ4n) is 4.69. The fourth-order valence-corrected chi connectivity index (χ4v) is 4.97. The predicted molar refractivity (Wildman–Crippen MR) is 99.9 cm³/mol. The van der Waals surface area contributed by atoms with Gasteiger partial charge in [-0.1, -0.05) is 24.6 Å². The molecule has 1 aromatic carbocycles. The zero-order valence-corrected chi connectivity index (χ0v) is 15.4. The Bertz CT molecular complexity index is 802. The molecule has 2 aromatic rings. The van der Waals surface area contributed by atoms with Crippen LogP contribution in [0.2, 0.25) is 5.02 Å². The molecule has 1 saturated carbocycles. The van der Waals surface area contributed by atoms with Gasteiger partial charge in [0.05, 0.1) is 10.6 Å². The molecule has 1 saturated heterocycles. The van der Waals surface area contributed by atoms with Crippen LogP contribution in [-0.2, 0) is 4.79 Å². The number of H-pyrrole nitrogens is 1. The number of aromatic amines is 1. The van der Waals surface area contributed by atoms with Gasteiger partial charge in [-0.3, -0.25) is 4.79 Å². The highest BCUT2D eigenvalue weighted by molar-refractivity contribution is 6.35. The summed E-state index contributed by atoms with van der Waals surface area (Å²) in [6.45, 7) is 2.77. The Hall–Kier alpha value is -1.52. The molecule has 25 heavy (non-hydrogen) atoms. The Morgan fingerprint density at radius 2 is 2.32 bits per heavy atom. The minimum Gasteiger partial charge on any atom is -0.390 e. The summed E-state index contributed by atoms with van der Waals surface area (Å²) in [6.07, 6.45) is 6.82. The highest BCUT2D eigenvalue weighted by Gasteiger charge is 2.42. The van der Waals surface area contributed by atoms with Gasteiger partial charge >= 0.3 is 0 Å². The zero-order valence-electron chi connectivity index (χ0n) is 14.6. The molecule has 134 valence electrons. The number of aromatic nitrogens is 1. The summed E-state index contributed by atoms with van der Waals surface area (Å²) < 4.78 is 0. The van der Waals surface area contributed by atoms with E-state index in [-0.39, 0.29) is 17.9 Å². The van der Waals surface area contributed by atoms with E-state index in [0.29, 0.717) is 19.4 Å². The van der Waals surface area contributed by atoms with E-state index < -0.39 is 5.60 Å². The Kier molecular flexibility index (Phi) is 4.28. The minimum atomic E-state index is -0.532. The van der Waals surface area contributed by atoms with E-state index in [1.807, 2.05) is 29.3 Å². The van der Waals surface area contributed by atoms with E-state index in [1.165, 1.54) is 0 Å². The number of fused-ring (bicyclic) bond motifs is 3. The van der Waals surface area contributed by atoms with Crippen LogP contribution in [0.4, 0.5) is 0 Å². The largest absolute Gasteiger partial charge is 0.390 e. The fraction of sp³-hybridized carbons (Fsp3) is 0.550. The monoisotopic (exact) mass is 360 g/mol. The Labute approximate surface area is 153 Å². The van der Waals surface area contributed by atoms with Crippen molar-refractivity contribution in [2.45, 2.75) is 63.0 Å². The normalized spacial score (nSPS) is 27.5. The standard InChI is InChI=1S/C20H25ClN2O2/c1-13(15-12-22-17-6-2-5-16(21)19(15)17)10-18(24)23-9-8-20(25)7-3-4-14(23)11-20/h2,5-6,12-14,22,25H,3-4,7-11H2,1H3. The van der Waals surface area contributed by atoms with Crippen LogP contribution in [0.5, 0.6) is 0 Å². The molecule has 0 spiro atoms. The third-order valence-corrected chi connectivity index (χ3v) is 6.39. The Balaban J connectivity index is 1.50. The van der Waals surface area contributed by atoms with Crippen LogP contribution < -0.4 is 0 Å². The molecule has 2 fully saturated rings. The maximum absolute atomic E-state index is 12.9. The first-order chi connectivity index (χ1) is 12.0. The summed E-state index contributed by atoms with van der Waals surface area (Å²) in [7, 11) is 0. The lowest BCUT2D eigenvalue weighted by atomic mass is 9.76. The smallest absolute Gasteiger partial charge is 0.223 e. The van der Waals surface area contributed by atoms with Crippen LogP contribution in [0.25, 0.3) is 10.9 Å². The van der Waals surface area contributed by atoms with Gasteiger partial charge < -0.3 is 15.0 Å². The van der Waals surface area contributed by atoms with E-state index in [1.54, 1.807) is 0 Å². The van der Waals surface area contributed by atoms with Gasteiger partial charge in [0.1, 0.15) is 0 Å². The molecule has 3 atom stereocenters. The third kappa shape index (κ3) is 3.06. The predicted octanol–water partition coefficient (Wildman–Crippen LogP) is 4.22. The van der Waals surface area contributed by atoms with Crippen molar-refractivity contribution in [3.05, 3.63) is 35.0 Å². The average molecular weight is 361 g/mol. The number of halogens is 1. The summed E-state index contributed by atoms with van der Waals surface area (Å²) in [6, 6.07) is 6.04. The van der Waals surface area contributed by atoms with Gasteiger partial charge in [0.25, 0.3) is 0 Å². The number of hydrogen-bond acceptors (Lipinski definition) is 2. The van der Waals surface area contributed by atoms with E-state index in [0.717, 1.165) is 47.2 Å². The van der Waals surface area contributed by atoms with Crippen LogP contribution in [0.15, 0.2) is 24.4 Å². The lowest BCUT2D eigenvalue weighted by Gasteiger charge is -2.48. The first kappa shape index (κ1) is 16.9. The van der Waals surface area contributed by atoms with Gasteiger partial charge in [-0.25, -0.2) is 0 Å². The van der Waals surface area contributed by atoms with Crippen LogP contribution in [0.3, 0.4) is 0 Å². The van der Waals surface area contributed by atoms with Crippen molar-refractivity contribution in [2.75, 3.05) is 6.54 Å². The van der Waals surface area contributed by atoms with Crippen molar-refractivity contribution >= 4 is 28.4 Å². The van der Waals surface area contributed by atoms with Crippen LogP contribution in [0, 0.1) is 0 Å². The first-order valence-corrected chi connectivity index (χ1v) is 9.62. The molecule has 1 aliphatic heterocycles. The van der Waals surface area contributed by atoms with E-state index in [2.05, 4.69) is 11.9 Å². The molecule has 4 nitrogen and oxygen atoms in total. The van der Waals surface area contributed by atoms with Crippen molar-refractivity contribution in [1.82, 2.24) is 9.88 Å². The van der Waals surface area contributed by atoms with Crippen molar-refractivity contribution in [2.24, 2.45) is 0 Å². The van der Waals surface area contributed by atoms with E-state index in [4.69, 9.17) is 11.6 Å². The quantitative estimate of drug-likeness (QED) is 0.860. The molecule has 4 rings (SSSR count). The van der Waals surface area contributed by atoms with Crippen molar-refractivity contribution < 1.29 is 9.90 Å². The molecule has 2 aliphatic rings. The number of carbonyl (C=O) groups is 1. The third-order valence-electron chi connectivity index (χ3n) is 6.07. The van der Waals surface area contributed by atoms with Crippen molar-refractivity contribution in [3.63, 3.8) is 0 Å². The summed E-state index contributed by atoms with van der Waals surface area (Å²) in [5.74, 6) is 0.299. The van der Waals surface area contributed by atoms with Gasteiger partial charge in [0, 0.05) is 36.1 Å². The van der Waals surface area contributed by atoms with E-state index >= 15 is 0 Å². The number of likely N-dealkylation sites (tertiary alicyclic amines) is 1. The molecule has 3 unspecified atom stereocenters. The molecule has 1 aromatic heterocycles. The highest BCUT2D eigenvalue weighted by atomic mass is 35.5. The van der Waals surface area contributed by atoms with Gasteiger partial charge in [-0.15, -0.1) is 0 Å². The SMILES string of the molecule is CC(CC(=O)N1CCC2(O)CCCC1C2)c1c[nH]c2cccc(Cl)c12. The zero-order chi connectivity index (χ0) is 17.6. The van der Waals surface area contributed by atoms with Gasteiger partial charge in [0.2, 0.25) is 5.91 Å². The number of hydrogen-bond donors (Lipinski definition) is 2. The van der Waals surface area contributed by atoms with E-state index in [9.17, 15) is 9.90 Å².